The standard InChI is InChI=1S/C22H15ClFN3OS/c1-14(15-7-9-16(24)10-8-15)20-21(28)27(17-5-3-2-4-6-17)22(29-20)26-19-11-12-25-13-18(19)23/h2-13H,1H3/b20-14-,26-22?. The van der Waals surface area contributed by atoms with Crippen LogP contribution in [0.2, 0.25) is 5.02 Å². The molecule has 1 saturated heterocycles. The molecule has 0 atom stereocenters. The van der Waals surface area contributed by atoms with Gasteiger partial charge in [-0.05, 0) is 60.2 Å². The minimum absolute atomic E-state index is 0.188. The van der Waals surface area contributed by atoms with Crippen molar-refractivity contribution in [3.8, 4) is 0 Å². The zero-order valence-electron chi connectivity index (χ0n) is 15.3. The molecule has 1 aromatic heterocycles. The maximum atomic E-state index is 13.3. The van der Waals surface area contributed by atoms with Gasteiger partial charge in [-0.1, -0.05) is 41.9 Å². The van der Waals surface area contributed by atoms with E-state index in [1.807, 2.05) is 37.3 Å². The van der Waals surface area contributed by atoms with Crippen LogP contribution >= 0.6 is 23.4 Å². The maximum absolute atomic E-state index is 13.3. The summed E-state index contributed by atoms with van der Waals surface area (Å²) in [5, 5.41) is 0.888. The van der Waals surface area contributed by atoms with Crippen molar-refractivity contribution in [3.63, 3.8) is 0 Å². The zero-order valence-corrected chi connectivity index (χ0v) is 16.9. The molecule has 0 N–H and O–H groups in total. The number of benzene rings is 2. The van der Waals surface area contributed by atoms with E-state index >= 15 is 0 Å². The Hall–Kier alpha value is -2.96. The first-order valence-electron chi connectivity index (χ1n) is 8.77. The summed E-state index contributed by atoms with van der Waals surface area (Å²) in [5.74, 6) is -0.510. The van der Waals surface area contributed by atoms with Gasteiger partial charge in [0.15, 0.2) is 5.17 Å². The van der Waals surface area contributed by atoms with E-state index in [9.17, 15) is 9.18 Å². The van der Waals surface area contributed by atoms with E-state index in [-0.39, 0.29) is 11.7 Å². The van der Waals surface area contributed by atoms with Crippen LogP contribution in [0.15, 0.2) is 83.0 Å². The molecule has 2 aromatic carbocycles. The van der Waals surface area contributed by atoms with E-state index in [2.05, 4.69) is 9.98 Å². The molecule has 29 heavy (non-hydrogen) atoms. The lowest BCUT2D eigenvalue weighted by Crippen LogP contribution is -2.28. The third kappa shape index (κ3) is 3.95. The minimum atomic E-state index is -0.322. The van der Waals surface area contributed by atoms with Crippen molar-refractivity contribution in [2.24, 2.45) is 4.99 Å². The number of aliphatic imine (C=N–C) groups is 1. The number of aromatic nitrogens is 1. The van der Waals surface area contributed by atoms with Crippen LogP contribution in [0.5, 0.6) is 0 Å². The third-order valence-electron chi connectivity index (χ3n) is 4.38. The highest BCUT2D eigenvalue weighted by Gasteiger charge is 2.36. The molecule has 7 heteroatoms. The van der Waals surface area contributed by atoms with Crippen LogP contribution in [0.3, 0.4) is 0 Å². The van der Waals surface area contributed by atoms with Gasteiger partial charge in [-0.2, -0.15) is 0 Å². The van der Waals surface area contributed by atoms with E-state index < -0.39 is 0 Å². The lowest BCUT2D eigenvalue weighted by Gasteiger charge is -2.15. The summed E-state index contributed by atoms with van der Waals surface area (Å²) < 4.78 is 13.3. The van der Waals surface area contributed by atoms with Gasteiger partial charge in [0.2, 0.25) is 0 Å². The first kappa shape index (κ1) is 19.4. The molecule has 0 radical (unpaired) electrons. The normalized spacial score (nSPS) is 17.1. The molecule has 0 bridgehead atoms. The Bertz CT molecular complexity index is 1130. The SMILES string of the molecule is C/C(=C1/SC(=Nc2ccncc2Cl)N(c2ccccc2)C1=O)c1ccc(F)cc1. The van der Waals surface area contributed by atoms with Crippen molar-refractivity contribution >= 4 is 51.4 Å². The van der Waals surface area contributed by atoms with Crippen LogP contribution in [-0.4, -0.2) is 16.1 Å². The van der Waals surface area contributed by atoms with Crippen molar-refractivity contribution in [3.05, 3.63) is 94.4 Å². The highest BCUT2D eigenvalue weighted by molar-refractivity contribution is 8.19. The molecule has 1 aliphatic heterocycles. The molecule has 1 fully saturated rings. The zero-order chi connectivity index (χ0) is 20.4. The molecule has 0 unspecified atom stereocenters. The molecular formula is C22H15ClFN3OS. The third-order valence-corrected chi connectivity index (χ3v) is 5.81. The van der Waals surface area contributed by atoms with Gasteiger partial charge in [0.05, 0.1) is 21.3 Å². The van der Waals surface area contributed by atoms with Crippen LogP contribution in [0.1, 0.15) is 12.5 Å². The number of carbonyl (C=O) groups is 1. The van der Waals surface area contributed by atoms with Crippen LogP contribution in [0.4, 0.5) is 15.8 Å². The highest BCUT2D eigenvalue weighted by atomic mass is 35.5. The predicted octanol–water partition coefficient (Wildman–Crippen LogP) is 6.07. The molecule has 144 valence electrons. The quantitative estimate of drug-likeness (QED) is 0.480. The Balaban J connectivity index is 1.83. The number of amidine groups is 1. The van der Waals surface area contributed by atoms with Gasteiger partial charge >= 0.3 is 0 Å². The fourth-order valence-electron chi connectivity index (χ4n) is 2.88. The topological polar surface area (TPSA) is 45.6 Å². The van der Waals surface area contributed by atoms with E-state index in [1.165, 1.54) is 30.1 Å². The lowest BCUT2D eigenvalue weighted by atomic mass is 10.1. The molecule has 3 aromatic rings. The van der Waals surface area contributed by atoms with E-state index in [1.54, 1.807) is 29.3 Å². The summed E-state index contributed by atoms with van der Waals surface area (Å²) in [5.41, 5.74) is 2.76. The number of amides is 1. The van der Waals surface area contributed by atoms with E-state index in [0.29, 0.717) is 26.5 Å². The van der Waals surface area contributed by atoms with Crippen LogP contribution in [0, 0.1) is 5.82 Å². The second-order valence-corrected chi connectivity index (χ2v) is 7.65. The summed E-state index contributed by atoms with van der Waals surface area (Å²) >= 11 is 7.48. The fourth-order valence-corrected chi connectivity index (χ4v) is 4.09. The highest BCUT2D eigenvalue weighted by Crippen LogP contribution is 2.40. The smallest absolute Gasteiger partial charge is 0.268 e. The molecule has 4 nitrogen and oxygen atoms in total. The Morgan fingerprint density at radius 3 is 2.52 bits per heavy atom. The maximum Gasteiger partial charge on any atom is 0.271 e. The van der Waals surface area contributed by atoms with Crippen LogP contribution in [-0.2, 0) is 4.79 Å². The van der Waals surface area contributed by atoms with E-state index in [4.69, 9.17) is 11.6 Å². The Morgan fingerprint density at radius 1 is 1.10 bits per heavy atom. The summed E-state index contributed by atoms with van der Waals surface area (Å²) in [6.07, 6.45) is 3.11. The molecule has 0 spiro atoms. The van der Waals surface area contributed by atoms with Gasteiger partial charge in [-0.25, -0.2) is 9.38 Å². The first-order valence-corrected chi connectivity index (χ1v) is 9.96. The second kappa shape index (κ2) is 8.19. The molecule has 4 rings (SSSR count). The number of anilines is 1. The number of hydrogen-bond acceptors (Lipinski definition) is 4. The molecule has 0 saturated carbocycles. The number of halogens is 2. The van der Waals surface area contributed by atoms with Crippen LogP contribution in [0.25, 0.3) is 5.57 Å². The molecule has 2 heterocycles. The molecule has 1 aliphatic rings. The van der Waals surface area contributed by atoms with Gasteiger partial charge in [-0.3, -0.25) is 14.7 Å². The summed E-state index contributed by atoms with van der Waals surface area (Å²) in [6.45, 7) is 1.85. The Morgan fingerprint density at radius 2 is 1.83 bits per heavy atom. The average Bonchev–Trinajstić information content (AvgIpc) is 3.06. The Kier molecular flexibility index (Phi) is 5.47. The van der Waals surface area contributed by atoms with Crippen molar-refractivity contribution in [2.75, 3.05) is 4.90 Å². The summed E-state index contributed by atoms with van der Waals surface area (Å²) in [7, 11) is 0. The predicted molar refractivity (Wildman–Crippen MR) is 117 cm³/mol. The number of carbonyl (C=O) groups excluding carboxylic acids is 1. The van der Waals surface area contributed by atoms with Gasteiger partial charge in [-0.15, -0.1) is 0 Å². The van der Waals surface area contributed by atoms with Gasteiger partial charge < -0.3 is 0 Å². The van der Waals surface area contributed by atoms with Crippen molar-refractivity contribution in [1.29, 1.82) is 0 Å². The number of allylic oxidation sites excluding steroid dienone is 1. The number of pyridine rings is 1. The van der Waals surface area contributed by atoms with Crippen LogP contribution < -0.4 is 4.90 Å². The second-order valence-electron chi connectivity index (χ2n) is 6.26. The average molecular weight is 424 g/mol. The number of thioether (sulfide) groups is 1. The van der Waals surface area contributed by atoms with Gasteiger partial charge in [0.25, 0.3) is 5.91 Å². The Labute approximate surface area is 176 Å². The molecule has 0 aliphatic carbocycles. The van der Waals surface area contributed by atoms with Gasteiger partial charge in [0, 0.05) is 12.4 Å². The number of para-hydroxylation sites is 1. The first-order chi connectivity index (χ1) is 14.0. The number of nitrogens with zero attached hydrogens (tertiary/aromatic N) is 3. The summed E-state index contributed by atoms with van der Waals surface area (Å²) in [6, 6.07) is 17.1. The summed E-state index contributed by atoms with van der Waals surface area (Å²) in [4.78, 5) is 24.0. The number of hydrogen-bond donors (Lipinski definition) is 0. The van der Waals surface area contributed by atoms with Crippen molar-refractivity contribution in [1.82, 2.24) is 4.98 Å². The molecular weight excluding hydrogens is 409 g/mol. The van der Waals surface area contributed by atoms with Gasteiger partial charge in [0.1, 0.15) is 5.82 Å². The van der Waals surface area contributed by atoms with Crippen molar-refractivity contribution < 1.29 is 9.18 Å². The van der Waals surface area contributed by atoms with Crippen molar-refractivity contribution in [2.45, 2.75) is 6.92 Å². The monoisotopic (exact) mass is 423 g/mol. The molecule has 1 amide bonds. The number of rotatable bonds is 3. The fraction of sp³-hybridized carbons (Fsp3) is 0.0455. The minimum Gasteiger partial charge on any atom is -0.268 e. The largest absolute Gasteiger partial charge is 0.271 e. The lowest BCUT2D eigenvalue weighted by molar-refractivity contribution is -0.113. The van der Waals surface area contributed by atoms with E-state index in [0.717, 1.165) is 11.1 Å².